The van der Waals surface area contributed by atoms with Crippen LogP contribution in [0.15, 0.2) is 49.2 Å². The zero-order valence-electron chi connectivity index (χ0n) is 23.9. The third-order valence-electron chi connectivity index (χ3n) is 7.93. The maximum atomic E-state index is 14.4. The molecule has 0 bridgehead atoms. The van der Waals surface area contributed by atoms with Crippen LogP contribution in [-0.2, 0) is 0 Å². The number of nitrogens with one attached hydrogen (secondary N) is 2. The molecule has 1 amide bonds. The van der Waals surface area contributed by atoms with E-state index in [2.05, 4.69) is 59.3 Å². The summed E-state index contributed by atoms with van der Waals surface area (Å²) in [5, 5.41) is 6.37. The van der Waals surface area contributed by atoms with E-state index in [1.165, 1.54) is 13.4 Å². The molecule has 2 N–H and O–H groups in total. The number of amides is 1. The van der Waals surface area contributed by atoms with Crippen molar-refractivity contribution in [2.45, 2.75) is 38.6 Å². The number of benzene rings is 1. The molecule has 5 rings (SSSR count). The molecule has 0 aliphatic carbocycles. The van der Waals surface area contributed by atoms with Crippen LogP contribution in [-0.4, -0.2) is 82.0 Å². The third-order valence-corrected chi connectivity index (χ3v) is 7.93. The Labute approximate surface area is 239 Å². The Hall–Kier alpha value is -4.25. The monoisotopic (exact) mass is 557 g/mol. The first-order valence-electron chi connectivity index (χ1n) is 14.0. The van der Waals surface area contributed by atoms with E-state index in [1.54, 1.807) is 18.5 Å². The van der Waals surface area contributed by atoms with Crippen LogP contribution in [0, 0.1) is 5.82 Å². The number of rotatable bonds is 9. The van der Waals surface area contributed by atoms with Gasteiger partial charge in [0.05, 0.1) is 23.0 Å². The molecular weight excluding hydrogens is 521 g/mol. The van der Waals surface area contributed by atoms with Gasteiger partial charge in [0, 0.05) is 75.1 Å². The number of hydrogen-bond acceptors (Lipinski definition) is 9. The van der Waals surface area contributed by atoms with Gasteiger partial charge >= 0.3 is 0 Å². The van der Waals surface area contributed by atoms with E-state index in [9.17, 15) is 9.18 Å². The summed E-state index contributed by atoms with van der Waals surface area (Å²) in [6, 6.07) is 7.79. The second kappa shape index (κ2) is 12.5. The number of hydrogen-bond donors (Lipinski definition) is 2. The normalized spacial score (nSPS) is 15.0. The molecule has 10 nitrogen and oxygen atoms in total. The number of carbonyl (C=O) groups excluding carboxylic acids is 1. The summed E-state index contributed by atoms with van der Waals surface area (Å²) in [5.41, 5.74) is 3.04. The molecule has 0 unspecified atom stereocenters. The van der Waals surface area contributed by atoms with E-state index in [0.29, 0.717) is 35.3 Å². The summed E-state index contributed by atoms with van der Waals surface area (Å²) >= 11 is 0. The predicted molar refractivity (Wildman–Crippen MR) is 159 cm³/mol. The highest BCUT2D eigenvalue weighted by Gasteiger charge is 2.23. The minimum Gasteiger partial charge on any atom is -0.369 e. The molecule has 1 fully saturated rings. The highest BCUT2D eigenvalue weighted by atomic mass is 19.1. The van der Waals surface area contributed by atoms with Gasteiger partial charge < -0.3 is 20.4 Å². The van der Waals surface area contributed by atoms with Gasteiger partial charge in [0.1, 0.15) is 12.1 Å². The van der Waals surface area contributed by atoms with Gasteiger partial charge in [-0.2, -0.15) is 0 Å². The Kier molecular flexibility index (Phi) is 8.63. The van der Waals surface area contributed by atoms with Crippen LogP contribution in [0.25, 0.3) is 22.2 Å². The summed E-state index contributed by atoms with van der Waals surface area (Å²) in [6.45, 7) is 8.09. The lowest BCUT2D eigenvalue weighted by molar-refractivity contribution is 0.0960. The fraction of sp³-hybridized carbons (Fsp3) is 0.400. The van der Waals surface area contributed by atoms with Crippen molar-refractivity contribution in [2.75, 3.05) is 50.5 Å². The topological polar surface area (TPSA) is 112 Å². The molecule has 41 heavy (non-hydrogen) atoms. The summed E-state index contributed by atoms with van der Waals surface area (Å²) < 4.78 is 14.4. The van der Waals surface area contributed by atoms with Gasteiger partial charge in [0.2, 0.25) is 5.95 Å². The first-order valence-corrected chi connectivity index (χ1v) is 14.0. The number of para-hydroxylation sites is 1. The molecule has 4 aromatic rings. The van der Waals surface area contributed by atoms with Crippen LogP contribution in [0.5, 0.6) is 0 Å². The van der Waals surface area contributed by atoms with Crippen molar-refractivity contribution in [3.63, 3.8) is 0 Å². The van der Waals surface area contributed by atoms with Gasteiger partial charge in [-0.15, -0.1) is 0 Å². The van der Waals surface area contributed by atoms with Crippen molar-refractivity contribution < 1.29 is 9.18 Å². The van der Waals surface area contributed by atoms with Gasteiger partial charge in [-0.05, 0) is 24.9 Å². The van der Waals surface area contributed by atoms with Gasteiger partial charge in [0.15, 0.2) is 5.82 Å². The molecule has 1 aromatic carbocycles. The lowest BCUT2D eigenvalue weighted by Gasteiger charge is -2.36. The largest absolute Gasteiger partial charge is 0.369 e. The number of nitrogens with zero attached hydrogens (tertiary/aromatic N) is 7. The van der Waals surface area contributed by atoms with Gasteiger partial charge in [0.25, 0.3) is 5.91 Å². The van der Waals surface area contributed by atoms with Crippen LogP contribution in [0.1, 0.15) is 48.5 Å². The summed E-state index contributed by atoms with van der Waals surface area (Å²) in [5.74, 6) is 0.251. The molecule has 1 saturated heterocycles. The highest BCUT2D eigenvalue weighted by molar-refractivity contribution is 6.06. The molecule has 11 heteroatoms. The van der Waals surface area contributed by atoms with Crippen molar-refractivity contribution in [1.82, 2.24) is 35.1 Å². The molecule has 0 spiro atoms. The molecule has 0 saturated carbocycles. The molecule has 1 atom stereocenters. The van der Waals surface area contributed by atoms with Crippen LogP contribution < -0.4 is 15.5 Å². The Morgan fingerprint density at radius 1 is 1.12 bits per heavy atom. The number of fused-ring (bicyclic) bond motifs is 1. The Morgan fingerprint density at radius 3 is 2.59 bits per heavy atom. The van der Waals surface area contributed by atoms with Gasteiger partial charge in [-0.25, -0.2) is 24.3 Å². The summed E-state index contributed by atoms with van der Waals surface area (Å²) in [6.07, 6.45) is 8.44. The molecule has 214 valence electrons. The highest BCUT2D eigenvalue weighted by Crippen LogP contribution is 2.28. The minimum atomic E-state index is -0.644. The van der Waals surface area contributed by atoms with Crippen LogP contribution in [0.2, 0.25) is 0 Å². The predicted octanol–water partition coefficient (Wildman–Crippen LogP) is 4.12. The molecule has 4 heterocycles. The molecule has 1 aliphatic heterocycles. The first kappa shape index (κ1) is 28.3. The number of aromatic nitrogens is 5. The molecular formula is C30H36FN9O. The van der Waals surface area contributed by atoms with Crippen molar-refractivity contribution in [3.05, 3.63) is 66.1 Å². The Morgan fingerprint density at radius 2 is 1.88 bits per heavy atom. The average Bonchev–Trinajstić information content (AvgIpc) is 3.02. The lowest BCUT2D eigenvalue weighted by atomic mass is 9.96. The summed E-state index contributed by atoms with van der Waals surface area (Å²) in [4.78, 5) is 39.4. The van der Waals surface area contributed by atoms with E-state index in [4.69, 9.17) is 0 Å². The average molecular weight is 558 g/mol. The number of halogens is 1. The second-order valence-electron chi connectivity index (χ2n) is 10.4. The Bertz CT molecular complexity index is 1510. The smallest absolute Gasteiger partial charge is 0.254 e. The van der Waals surface area contributed by atoms with Crippen LogP contribution >= 0.6 is 0 Å². The lowest BCUT2D eigenvalue weighted by Crippen LogP contribution is -2.43. The molecule has 0 radical (unpaired) electrons. The van der Waals surface area contributed by atoms with E-state index >= 15 is 0 Å². The van der Waals surface area contributed by atoms with E-state index in [0.717, 1.165) is 55.5 Å². The minimum absolute atomic E-state index is 0.00117. The Balaban J connectivity index is 1.27. The van der Waals surface area contributed by atoms with Crippen molar-refractivity contribution in [2.24, 2.45) is 0 Å². The van der Waals surface area contributed by atoms with E-state index < -0.39 is 11.7 Å². The SMILES string of the molecule is CCN1CCC(N(C)c2ncc(-c3cc(NC[C@@H](C)c4cccc5c(C(=O)NC)c(F)cnc45)ncn3)cn2)CC1. The van der Waals surface area contributed by atoms with E-state index in [-0.39, 0.29) is 11.5 Å². The second-order valence-corrected chi connectivity index (χ2v) is 10.4. The quantitative estimate of drug-likeness (QED) is 0.314. The van der Waals surface area contributed by atoms with E-state index in [1.807, 2.05) is 25.1 Å². The zero-order valence-corrected chi connectivity index (χ0v) is 23.9. The van der Waals surface area contributed by atoms with Crippen molar-refractivity contribution in [1.29, 1.82) is 0 Å². The van der Waals surface area contributed by atoms with Crippen molar-refractivity contribution in [3.8, 4) is 11.3 Å². The number of likely N-dealkylation sites (tertiary alicyclic amines) is 1. The van der Waals surface area contributed by atoms with Crippen LogP contribution in [0.3, 0.4) is 0 Å². The number of piperidine rings is 1. The fourth-order valence-electron chi connectivity index (χ4n) is 5.38. The zero-order chi connectivity index (χ0) is 28.9. The molecule has 3 aromatic heterocycles. The standard InChI is InChI=1S/C30H36FN9O/c1-5-40-11-9-21(10-12-40)39(4)30-35-15-20(16-36-30)25-13-26(38-18-37-25)33-14-19(2)22-7-6-8-23-27(29(41)32-3)24(31)17-34-28(22)23/h6-8,13,15-19,21H,5,9-12,14H2,1-4H3,(H,32,41)(H,33,37,38)/t19-/m1/s1. The fourth-order valence-corrected chi connectivity index (χ4v) is 5.38. The summed E-state index contributed by atoms with van der Waals surface area (Å²) in [7, 11) is 3.55. The van der Waals surface area contributed by atoms with Crippen LogP contribution in [0.4, 0.5) is 16.2 Å². The number of carbonyl (C=O) groups is 1. The van der Waals surface area contributed by atoms with Crippen molar-refractivity contribution >= 4 is 28.6 Å². The van der Waals surface area contributed by atoms with Gasteiger partial charge in [-0.3, -0.25) is 9.78 Å². The first-order chi connectivity index (χ1) is 19.9. The van der Waals surface area contributed by atoms with Gasteiger partial charge in [-0.1, -0.05) is 32.0 Å². The maximum absolute atomic E-state index is 14.4. The number of pyridine rings is 1. The molecule has 1 aliphatic rings. The maximum Gasteiger partial charge on any atom is 0.254 e. The number of anilines is 2. The third kappa shape index (κ3) is 6.09.